The number of halogens is 2. The minimum Gasteiger partial charge on any atom is -0.298 e. The van der Waals surface area contributed by atoms with Crippen LogP contribution >= 0.6 is 0 Å². The topological polar surface area (TPSA) is 46.4 Å². The van der Waals surface area contributed by atoms with E-state index in [9.17, 15) is 18.9 Å². The third-order valence-corrected chi connectivity index (χ3v) is 3.03. The summed E-state index contributed by atoms with van der Waals surface area (Å²) in [5, 5.41) is 10.7. The summed E-state index contributed by atoms with van der Waals surface area (Å²) >= 11 is 0. The number of hydrogen-bond donors (Lipinski definition) is 0. The molecule has 0 fully saturated rings. The Labute approximate surface area is 120 Å². The number of rotatable bonds is 5. The van der Waals surface area contributed by atoms with E-state index < -0.39 is 16.6 Å². The maximum atomic E-state index is 13.6. The standard InChI is InChI=1S/C15H14F2N2O2/c1-18(10-12-5-6-13(16)8-15(12)17)9-11-3-2-4-14(7-11)19(20)21/h2-8H,9-10H2,1H3. The molecule has 2 aromatic carbocycles. The molecule has 0 saturated heterocycles. The normalized spacial score (nSPS) is 10.9. The van der Waals surface area contributed by atoms with E-state index in [1.807, 2.05) is 0 Å². The lowest BCUT2D eigenvalue weighted by molar-refractivity contribution is -0.384. The van der Waals surface area contributed by atoms with Crippen LogP contribution in [-0.4, -0.2) is 16.9 Å². The van der Waals surface area contributed by atoms with Crippen molar-refractivity contribution in [3.05, 3.63) is 75.3 Å². The van der Waals surface area contributed by atoms with Crippen LogP contribution in [0.25, 0.3) is 0 Å². The molecular weight excluding hydrogens is 278 g/mol. The van der Waals surface area contributed by atoms with Gasteiger partial charge in [-0.25, -0.2) is 8.78 Å². The van der Waals surface area contributed by atoms with Gasteiger partial charge in [0.1, 0.15) is 11.6 Å². The Hall–Kier alpha value is -2.34. The highest BCUT2D eigenvalue weighted by atomic mass is 19.1. The first-order valence-corrected chi connectivity index (χ1v) is 6.31. The van der Waals surface area contributed by atoms with Crippen molar-refractivity contribution in [2.45, 2.75) is 13.1 Å². The monoisotopic (exact) mass is 292 g/mol. The van der Waals surface area contributed by atoms with E-state index in [1.54, 1.807) is 24.1 Å². The Morgan fingerprint density at radius 2 is 1.90 bits per heavy atom. The van der Waals surface area contributed by atoms with Gasteiger partial charge in [-0.05, 0) is 18.7 Å². The van der Waals surface area contributed by atoms with Crippen molar-refractivity contribution in [3.63, 3.8) is 0 Å². The van der Waals surface area contributed by atoms with Crippen molar-refractivity contribution in [2.75, 3.05) is 7.05 Å². The van der Waals surface area contributed by atoms with E-state index in [0.717, 1.165) is 11.6 Å². The van der Waals surface area contributed by atoms with Gasteiger partial charge in [0.2, 0.25) is 0 Å². The summed E-state index contributed by atoms with van der Waals surface area (Å²) in [4.78, 5) is 12.1. The number of hydrogen-bond acceptors (Lipinski definition) is 3. The third kappa shape index (κ3) is 4.06. The van der Waals surface area contributed by atoms with Crippen molar-refractivity contribution < 1.29 is 13.7 Å². The molecule has 0 N–H and O–H groups in total. The summed E-state index contributed by atoms with van der Waals surface area (Å²) in [6.45, 7) is 0.716. The number of non-ortho nitro benzene ring substituents is 1. The van der Waals surface area contributed by atoms with E-state index in [2.05, 4.69) is 0 Å². The van der Waals surface area contributed by atoms with Gasteiger partial charge >= 0.3 is 0 Å². The molecule has 0 amide bonds. The van der Waals surface area contributed by atoms with Crippen LogP contribution in [0.1, 0.15) is 11.1 Å². The van der Waals surface area contributed by atoms with Gasteiger partial charge < -0.3 is 0 Å². The lowest BCUT2D eigenvalue weighted by Crippen LogP contribution is -2.18. The summed E-state index contributed by atoms with van der Waals surface area (Å²) in [5.74, 6) is -1.21. The molecule has 0 bridgehead atoms. The van der Waals surface area contributed by atoms with E-state index in [-0.39, 0.29) is 12.2 Å². The fourth-order valence-corrected chi connectivity index (χ4v) is 2.08. The van der Waals surface area contributed by atoms with Crippen LogP contribution in [0.2, 0.25) is 0 Å². The summed E-state index contributed by atoms with van der Waals surface area (Å²) in [5.41, 5.74) is 1.16. The number of nitro groups is 1. The molecule has 0 aliphatic carbocycles. The van der Waals surface area contributed by atoms with Crippen molar-refractivity contribution in [1.82, 2.24) is 4.90 Å². The third-order valence-electron chi connectivity index (χ3n) is 3.03. The zero-order valence-corrected chi connectivity index (χ0v) is 11.4. The van der Waals surface area contributed by atoms with Gasteiger partial charge in [-0.1, -0.05) is 18.2 Å². The molecule has 0 unspecified atom stereocenters. The van der Waals surface area contributed by atoms with E-state index in [1.165, 1.54) is 24.3 Å². The van der Waals surface area contributed by atoms with Crippen LogP contribution in [0.5, 0.6) is 0 Å². The smallest absolute Gasteiger partial charge is 0.269 e. The highest BCUT2D eigenvalue weighted by molar-refractivity contribution is 5.34. The molecule has 110 valence electrons. The Morgan fingerprint density at radius 1 is 1.14 bits per heavy atom. The van der Waals surface area contributed by atoms with Crippen molar-refractivity contribution in [2.24, 2.45) is 0 Å². The Morgan fingerprint density at radius 3 is 2.57 bits per heavy atom. The molecule has 0 saturated carbocycles. The van der Waals surface area contributed by atoms with Crippen molar-refractivity contribution in [1.29, 1.82) is 0 Å². The SMILES string of the molecule is CN(Cc1cccc([N+](=O)[O-])c1)Cc1ccc(F)cc1F. The summed E-state index contributed by atoms with van der Waals surface area (Å²) < 4.78 is 26.4. The fourth-order valence-electron chi connectivity index (χ4n) is 2.08. The first-order chi connectivity index (χ1) is 9.95. The second-order valence-electron chi connectivity index (χ2n) is 4.84. The predicted octanol–water partition coefficient (Wildman–Crippen LogP) is 3.51. The average molecular weight is 292 g/mol. The van der Waals surface area contributed by atoms with E-state index in [4.69, 9.17) is 0 Å². The van der Waals surface area contributed by atoms with Gasteiger partial charge in [0.15, 0.2) is 0 Å². The molecule has 21 heavy (non-hydrogen) atoms. The van der Waals surface area contributed by atoms with Crippen LogP contribution in [0, 0.1) is 21.7 Å². The van der Waals surface area contributed by atoms with Gasteiger partial charge in [-0.3, -0.25) is 15.0 Å². The zero-order chi connectivity index (χ0) is 15.4. The van der Waals surface area contributed by atoms with Gasteiger partial charge in [-0.2, -0.15) is 0 Å². The van der Waals surface area contributed by atoms with Gasteiger partial charge in [0.25, 0.3) is 5.69 Å². The number of nitro benzene ring substituents is 1. The molecule has 4 nitrogen and oxygen atoms in total. The lowest BCUT2D eigenvalue weighted by atomic mass is 10.1. The van der Waals surface area contributed by atoms with Crippen LogP contribution in [0.3, 0.4) is 0 Å². The molecule has 0 radical (unpaired) electrons. The molecular formula is C15H14F2N2O2. The second-order valence-corrected chi connectivity index (χ2v) is 4.84. The van der Waals surface area contributed by atoms with Crippen LogP contribution in [0.4, 0.5) is 14.5 Å². The first kappa shape index (κ1) is 15.1. The maximum Gasteiger partial charge on any atom is 0.269 e. The molecule has 0 spiro atoms. The zero-order valence-electron chi connectivity index (χ0n) is 11.4. The van der Waals surface area contributed by atoms with Crippen molar-refractivity contribution in [3.8, 4) is 0 Å². The molecule has 0 aliphatic rings. The quantitative estimate of drug-likeness (QED) is 0.626. The maximum absolute atomic E-state index is 13.6. The molecule has 0 heterocycles. The van der Waals surface area contributed by atoms with E-state index in [0.29, 0.717) is 12.1 Å². The lowest BCUT2D eigenvalue weighted by Gasteiger charge is -2.17. The second kappa shape index (κ2) is 6.41. The molecule has 0 atom stereocenters. The van der Waals surface area contributed by atoms with Crippen molar-refractivity contribution >= 4 is 5.69 Å². The number of nitrogens with zero attached hydrogens (tertiary/aromatic N) is 2. The average Bonchev–Trinajstić information content (AvgIpc) is 2.42. The van der Waals surface area contributed by atoms with Gasteiger partial charge in [0.05, 0.1) is 4.92 Å². The first-order valence-electron chi connectivity index (χ1n) is 6.31. The Balaban J connectivity index is 2.06. The Kier molecular flexibility index (Phi) is 4.59. The molecule has 0 aliphatic heterocycles. The minimum absolute atomic E-state index is 0.0221. The largest absolute Gasteiger partial charge is 0.298 e. The molecule has 0 aromatic heterocycles. The highest BCUT2D eigenvalue weighted by Crippen LogP contribution is 2.16. The Bertz CT molecular complexity index is 662. The molecule has 6 heteroatoms. The summed E-state index contributed by atoms with van der Waals surface area (Å²) in [7, 11) is 1.77. The fraction of sp³-hybridized carbons (Fsp3) is 0.200. The van der Waals surface area contributed by atoms with Crippen LogP contribution < -0.4 is 0 Å². The van der Waals surface area contributed by atoms with Crippen LogP contribution in [0.15, 0.2) is 42.5 Å². The summed E-state index contributed by atoms with van der Waals surface area (Å²) in [6, 6.07) is 9.73. The van der Waals surface area contributed by atoms with Gasteiger partial charge in [-0.15, -0.1) is 0 Å². The minimum atomic E-state index is -0.613. The summed E-state index contributed by atoms with van der Waals surface area (Å²) in [6.07, 6.45) is 0. The van der Waals surface area contributed by atoms with Gasteiger partial charge in [0, 0.05) is 36.9 Å². The van der Waals surface area contributed by atoms with Crippen LogP contribution in [-0.2, 0) is 13.1 Å². The highest BCUT2D eigenvalue weighted by Gasteiger charge is 2.10. The number of benzene rings is 2. The predicted molar refractivity (Wildman–Crippen MR) is 74.6 cm³/mol. The molecule has 2 aromatic rings. The molecule has 2 rings (SSSR count). The van der Waals surface area contributed by atoms with E-state index >= 15 is 0 Å².